The van der Waals surface area contributed by atoms with Crippen molar-refractivity contribution in [2.45, 2.75) is 43.9 Å². The van der Waals surface area contributed by atoms with Gasteiger partial charge in [0.05, 0.1) is 6.26 Å². The highest BCUT2D eigenvalue weighted by molar-refractivity contribution is 5.86. The van der Waals surface area contributed by atoms with Crippen molar-refractivity contribution in [2.75, 3.05) is 7.05 Å². The van der Waals surface area contributed by atoms with Crippen LogP contribution in [0.15, 0.2) is 22.8 Å². The highest BCUT2D eigenvalue weighted by atomic mass is 16.6. The summed E-state index contributed by atoms with van der Waals surface area (Å²) in [5.74, 6) is -0.0276. The molecule has 2 aliphatic heterocycles. The summed E-state index contributed by atoms with van der Waals surface area (Å²) in [6.07, 6.45) is 5.93. The Labute approximate surface area is 101 Å². The number of carbonyl (C=O) groups is 1. The van der Waals surface area contributed by atoms with Crippen LogP contribution in [0.3, 0.4) is 0 Å². The van der Waals surface area contributed by atoms with Crippen LogP contribution in [0.25, 0.3) is 0 Å². The van der Waals surface area contributed by atoms with Gasteiger partial charge in [-0.15, -0.1) is 0 Å². The Morgan fingerprint density at radius 2 is 2.12 bits per heavy atom. The molecule has 3 heterocycles. The summed E-state index contributed by atoms with van der Waals surface area (Å²) in [6.45, 7) is 0. The molecule has 0 N–H and O–H groups in total. The second kappa shape index (κ2) is 4.18. The molecular formula is C13H17NO3. The predicted molar refractivity (Wildman–Crippen MR) is 61.7 cm³/mol. The topological polar surface area (TPSA) is 42.7 Å². The fourth-order valence-corrected chi connectivity index (χ4v) is 3.06. The van der Waals surface area contributed by atoms with Crippen molar-refractivity contribution in [1.29, 1.82) is 0 Å². The second-order valence-electron chi connectivity index (χ2n) is 5.03. The van der Waals surface area contributed by atoms with Crippen molar-refractivity contribution < 1.29 is 13.9 Å². The number of piperidine rings is 1. The molecule has 0 aromatic carbocycles. The predicted octanol–water partition coefficient (Wildman–Crippen LogP) is 2.06. The van der Waals surface area contributed by atoms with Crippen LogP contribution < -0.4 is 0 Å². The number of ether oxygens (including phenoxy) is 1. The lowest BCUT2D eigenvalue weighted by Gasteiger charge is -2.35. The van der Waals surface area contributed by atoms with E-state index in [1.807, 2.05) is 0 Å². The zero-order valence-electron chi connectivity index (χ0n) is 9.96. The first-order chi connectivity index (χ1) is 8.24. The monoisotopic (exact) mass is 235 g/mol. The van der Waals surface area contributed by atoms with E-state index < -0.39 is 0 Å². The minimum absolute atomic E-state index is 0.0568. The van der Waals surface area contributed by atoms with E-state index in [0.717, 1.165) is 12.8 Å². The van der Waals surface area contributed by atoms with Crippen LogP contribution in [0.1, 0.15) is 36.2 Å². The van der Waals surface area contributed by atoms with Gasteiger partial charge in [0.15, 0.2) is 0 Å². The molecule has 2 fully saturated rings. The molecule has 2 unspecified atom stereocenters. The Morgan fingerprint density at radius 1 is 1.41 bits per heavy atom. The third-order valence-corrected chi connectivity index (χ3v) is 4.05. The summed E-state index contributed by atoms with van der Waals surface area (Å²) in [4.78, 5) is 14.2. The van der Waals surface area contributed by atoms with E-state index in [1.165, 1.54) is 19.1 Å². The third kappa shape index (κ3) is 1.97. The number of esters is 1. The smallest absolute Gasteiger partial charge is 0.374 e. The van der Waals surface area contributed by atoms with Gasteiger partial charge in [-0.2, -0.15) is 0 Å². The number of fused-ring (bicyclic) bond motifs is 2. The van der Waals surface area contributed by atoms with E-state index in [1.54, 1.807) is 12.1 Å². The van der Waals surface area contributed by atoms with Crippen molar-refractivity contribution in [3.05, 3.63) is 24.2 Å². The van der Waals surface area contributed by atoms with Gasteiger partial charge in [-0.25, -0.2) is 4.79 Å². The van der Waals surface area contributed by atoms with Gasteiger partial charge >= 0.3 is 5.97 Å². The maximum Gasteiger partial charge on any atom is 0.374 e. The minimum atomic E-state index is -0.330. The first-order valence-corrected chi connectivity index (χ1v) is 6.20. The van der Waals surface area contributed by atoms with Gasteiger partial charge < -0.3 is 14.1 Å². The van der Waals surface area contributed by atoms with Gasteiger partial charge in [0.2, 0.25) is 5.76 Å². The Bertz CT molecular complexity index is 387. The van der Waals surface area contributed by atoms with Crippen molar-refractivity contribution in [3.63, 3.8) is 0 Å². The fraction of sp³-hybridized carbons (Fsp3) is 0.615. The van der Waals surface area contributed by atoms with Crippen LogP contribution in [0.4, 0.5) is 0 Å². The van der Waals surface area contributed by atoms with Crippen LogP contribution in [0, 0.1) is 0 Å². The SMILES string of the molecule is CN1C2CCC1CC(OC(=O)c1ccco1)C2. The zero-order valence-corrected chi connectivity index (χ0v) is 9.96. The van der Waals surface area contributed by atoms with Crippen LogP contribution in [-0.4, -0.2) is 36.1 Å². The van der Waals surface area contributed by atoms with E-state index in [9.17, 15) is 4.79 Å². The molecule has 2 bridgehead atoms. The second-order valence-corrected chi connectivity index (χ2v) is 5.03. The summed E-state index contributed by atoms with van der Waals surface area (Å²) < 4.78 is 10.5. The van der Waals surface area contributed by atoms with Gasteiger partial charge in [-0.3, -0.25) is 0 Å². The number of hydrogen-bond acceptors (Lipinski definition) is 4. The molecule has 0 amide bonds. The number of furan rings is 1. The standard InChI is InChI=1S/C13H17NO3/c1-14-9-4-5-10(14)8-11(7-9)17-13(15)12-3-2-6-16-12/h2-3,6,9-11H,4-5,7-8H2,1H3. The molecule has 0 radical (unpaired) electrons. The van der Waals surface area contributed by atoms with Crippen LogP contribution in [-0.2, 0) is 4.74 Å². The molecule has 17 heavy (non-hydrogen) atoms. The zero-order chi connectivity index (χ0) is 11.8. The maximum atomic E-state index is 11.8. The van der Waals surface area contributed by atoms with E-state index >= 15 is 0 Å². The maximum absolute atomic E-state index is 11.8. The lowest BCUT2D eigenvalue weighted by atomic mass is 10.0. The third-order valence-electron chi connectivity index (χ3n) is 4.05. The summed E-state index contributed by atoms with van der Waals surface area (Å²) in [7, 11) is 2.17. The molecule has 0 saturated carbocycles. The number of nitrogens with zero attached hydrogens (tertiary/aromatic N) is 1. The van der Waals surface area contributed by atoms with Gasteiger partial charge in [0.1, 0.15) is 6.10 Å². The van der Waals surface area contributed by atoms with E-state index in [4.69, 9.17) is 9.15 Å². The number of hydrogen-bond donors (Lipinski definition) is 0. The molecule has 2 atom stereocenters. The summed E-state index contributed by atoms with van der Waals surface area (Å²) in [5, 5.41) is 0. The molecule has 1 aromatic heterocycles. The molecule has 1 aromatic rings. The van der Waals surface area contributed by atoms with Crippen molar-refractivity contribution >= 4 is 5.97 Å². The van der Waals surface area contributed by atoms with E-state index in [-0.39, 0.29) is 12.1 Å². The molecule has 2 saturated heterocycles. The van der Waals surface area contributed by atoms with Crippen LogP contribution in [0.5, 0.6) is 0 Å². The molecule has 0 spiro atoms. The highest BCUT2D eigenvalue weighted by Crippen LogP contribution is 2.35. The van der Waals surface area contributed by atoms with Gasteiger partial charge in [-0.05, 0) is 32.0 Å². The van der Waals surface area contributed by atoms with Gasteiger partial charge in [0.25, 0.3) is 0 Å². The van der Waals surface area contributed by atoms with Crippen molar-refractivity contribution in [2.24, 2.45) is 0 Å². The Morgan fingerprint density at radius 3 is 2.71 bits per heavy atom. The first kappa shape index (κ1) is 10.8. The number of carbonyl (C=O) groups excluding carboxylic acids is 1. The number of rotatable bonds is 2. The summed E-state index contributed by atoms with van der Waals surface area (Å²) in [6, 6.07) is 4.52. The quantitative estimate of drug-likeness (QED) is 0.736. The molecule has 2 aliphatic rings. The largest absolute Gasteiger partial charge is 0.457 e. The fourth-order valence-electron chi connectivity index (χ4n) is 3.06. The van der Waals surface area contributed by atoms with Crippen molar-refractivity contribution in [1.82, 2.24) is 4.90 Å². The average molecular weight is 235 g/mol. The average Bonchev–Trinajstić information content (AvgIpc) is 2.88. The Balaban J connectivity index is 1.62. The molecule has 92 valence electrons. The summed E-state index contributed by atoms with van der Waals surface area (Å²) in [5.41, 5.74) is 0. The molecule has 4 nitrogen and oxygen atoms in total. The highest BCUT2D eigenvalue weighted by Gasteiger charge is 2.40. The minimum Gasteiger partial charge on any atom is -0.457 e. The normalized spacial score (nSPS) is 32.6. The Kier molecular flexibility index (Phi) is 2.67. The van der Waals surface area contributed by atoms with E-state index in [2.05, 4.69) is 11.9 Å². The first-order valence-electron chi connectivity index (χ1n) is 6.20. The molecule has 3 rings (SSSR count). The Hall–Kier alpha value is -1.29. The van der Waals surface area contributed by atoms with Crippen LogP contribution in [0.2, 0.25) is 0 Å². The molecule has 0 aliphatic carbocycles. The summed E-state index contributed by atoms with van der Waals surface area (Å²) >= 11 is 0. The molecular weight excluding hydrogens is 218 g/mol. The van der Waals surface area contributed by atoms with Gasteiger partial charge in [0, 0.05) is 24.9 Å². The molecule has 4 heteroatoms. The van der Waals surface area contributed by atoms with Crippen LogP contribution >= 0.6 is 0 Å². The lowest BCUT2D eigenvalue weighted by molar-refractivity contribution is -0.00312. The lowest BCUT2D eigenvalue weighted by Crippen LogP contribution is -2.43. The van der Waals surface area contributed by atoms with Gasteiger partial charge in [-0.1, -0.05) is 0 Å². The van der Waals surface area contributed by atoms with Crippen molar-refractivity contribution in [3.8, 4) is 0 Å². The van der Waals surface area contributed by atoms with E-state index in [0.29, 0.717) is 17.8 Å².